The summed E-state index contributed by atoms with van der Waals surface area (Å²) in [4.78, 5) is 0. The topological polar surface area (TPSA) is 81.1 Å². The Hall–Kier alpha value is -1.89. The molecule has 0 radical (unpaired) electrons. The molecule has 0 aliphatic carbocycles. The quantitative estimate of drug-likeness (QED) is 0.503. The van der Waals surface area contributed by atoms with E-state index in [0.717, 1.165) is 10.0 Å². The molecule has 82 valence electrons. The Kier molecular flexibility index (Phi) is 3.16. The second-order valence-electron chi connectivity index (χ2n) is 2.99. The zero-order valence-corrected chi connectivity index (χ0v) is 9.79. The van der Waals surface area contributed by atoms with Crippen molar-refractivity contribution in [3.63, 3.8) is 0 Å². The maximum absolute atomic E-state index is 5.49. The van der Waals surface area contributed by atoms with E-state index in [1.54, 1.807) is 6.21 Å². The molecule has 7 heteroatoms. The number of hydrazone groups is 1. The minimum absolute atomic E-state index is 0.381. The summed E-state index contributed by atoms with van der Waals surface area (Å²) in [6.07, 6.45) is 3.05. The van der Waals surface area contributed by atoms with Gasteiger partial charge in [-0.2, -0.15) is 5.10 Å². The SMILES string of the molecule is Nn1cnnc1N/N=C/c1cccc(Br)c1. The molecule has 0 saturated carbocycles. The number of nitrogens with one attached hydrogen (secondary N) is 1. The standard InChI is InChI=1S/C9H9BrN6/c10-8-3-1-2-7(4-8)5-12-14-9-15-13-6-16(9)11/h1-6H,11H2,(H,14,15)/b12-5+. The lowest BCUT2D eigenvalue weighted by Gasteiger charge is -1.97. The average molecular weight is 281 g/mol. The van der Waals surface area contributed by atoms with E-state index in [4.69, 9.17) is 5.84 Å². The number of halogens is 1. The summed E-state index contributed by atoms with van der Waals surface area (Å²) < 4.78 is 2.25. The molecule has 16 heavy (non-hydrogen) atoms. The van der Waals surface area contributed by atoms with Gasteiger partial charge in [0.15, 0.2) is 0 Å². The van der Waals surface area contributed by atoms with Crippen molar-refractivity contribution in [3.8, 4) is 0 Å². The molecule has 0 saturated heterocycles. The van der Waals surface area contributed by atoms with E-state index in [9.17, 15) is 0 Å². The highest BCUT2D eigenvalue weighted by molar-refractivity contribution is 9.10. The molecule has 0 aliphatic rings. The smallest absolute Gasteiger partial charge is 0.263 e. The molecule has 2 aromatic rings. The van der Waals surface area contributed by atoms with Crippen LogP contribution in [0.2, 0.25) is 0 Å². The van der Waals surface area contributed by atoms with E-state index in [0.29, 0.717) is 5.95 Å². The number of benzene rings is 1. The summed E-state index contributed by atoms with van der Waals surface area (Å²) in [5.41, 5.74) is 3.64. The second-order valence-corrected chi connectivity index (χ2v) is 3.90. The molecule has 0 fully saturated rings. The maximum Gasteiger partial charge on any atom is 0.263 e. The van der Waals surface area contributed by atoms with E-state index in [1.165, 1.54) is 11.0 Å². The molecular formula is C9H9BrN6. The van der Waals surface area contributed by atoms with Gasteiger partial charge in [0.2, 0.25) is 0 Å². The van der Waals surface area contributed by atoms with Gasteiger partial charge in [-0.1, -0.05) is 28.1 Å². The minimum atomic E-state index is 0.381. The highest BCUT2D eigenvalue weighted by Gasteiger charge is 1.96. The van der Waals surface area contributed by atoms with E-state index < -0.39 is 0 Å². The van der Waals surface area contributed by atoms with Gasteiger partial charge in [-0.15, -0.1) is 10.2 Å². The van der Waals surface area contributed by atoms with Crippen molar-refractivity contribution in [2.75, 3.05) is 11.3 Å². The van der Waals surface area contributed by atoms with Crippen molar-refractivity contribution < 1.29 is 0 Å². The molecule has 6 nitrogen and oxygen atoms in total. The van der Waals surface area contributed by atoms with Crippen molar-refractivity contribution >= 4 is 28.1 Å². The maximum atomic E-state index is 5.49. The summed E-state index contributed by atoms with van der Waals surface area (Å²) >= 11 is 3.38. The molecule has 1 aromatic carbocycles. The Morgan fingerprint density at radius 3 is 3.06 bits per heavy atom. The van der Waals surface area contributed by atoms with Gasteiger partial charge in [0.25, 0.3) is 5.95 Å². The van der Waals surface area contributed by atoms with Crippen LogP contribution in [0, 0.1) is 0 Å². The van der Waals surface area contributed by atoms with Crippen LogP contribution >= 0.6 is 15.9 Å². The predicted octanol–water partition coefficient (Wildman–Crippen LogP) is 1.20. The van der Waals surface area contributed by atoms with E-state index in [1.807, 2.05) is 24.3 Å². The van der Waals surface area contributed by atoms with Crippen LogP contribution in [0.15, 0.2) is 40.2 Å². The zero-order chi connectivity index (χ0) is 11.4. The number of hydrogen-bond acceptors (Lipinski definition) is 5. The van der Waals surface area contributed by atoms with Crippen LogP contribution in [-0.4, -0.2) is 21.1 Å². The third-order valence-corrected chi connectivity index (χ3v) is 2.29. The lowest BCUT2D eigenvalue weighted by atomic mass is 10.2. The van der Waals surface area contributed by atoms with Gasteiger partial charge in [-0.05, 0) is 17.7 Å². The number of rotatable bonds is 3. The highest BCUT2D eigenvalue weighted by atomic mass is 79.9. The highest BCUT2D eigenvalue weighted by Crippen LogP contribution is 2.09. The van der Waals surface area contributed by atoms with Gasteiger partial charge < -0.3 is 5.84 Å². The summed E-state index contributed by atoms with van der Waals surface area (Å²) in [7, 11) is 0. The molecule has 0 unspecified atom stereocenters. The van der Waals surface area contributed by atoms with E-state index in [2.05, 4.69) is 36.7 Å². The van der Waals surface area contributed by atoms with Crippen molar-refractivity contribution in [1.29, 1.82) is 0 Å². The average Bonchev–Trinajstić information content (AvgIpc) is 2.65. The van der Waals surface area contributed by atoms with Gasteiger partial charge >= 0.3 is 0 Å². The first kappa shape index (κ1) is 10.6. The Balaban J connectivity index is 2.03. The third-order valence-electron chi connectivity index (χ3n) is 1.80. The van der Waals surface area contributed by atoms with Crippen molar-refractivity contribution in [2.24, 2.45) is 5.10 Å². The van der Waals surface area contributed by atoms with Gasteiger partial charge in [0.05, 0.1) is 6.21 Å². The summed E-state index contributed by atoms with van der Waals surface area (Å²) in [6.45, 7) is 0. The molecule has 1 heterocycles. The van der Waals surface area contributed by atoms with Crippen LogP contribution in [0.25, 0.3) is 0 Å². The van der Waals surface area contributed by atoms with Crippen LogP contribution in [-0.2, 0) is 0 Å². The molecule has 3 N–H and O–H groups in total. The second kappa shape index (κ2) is 4.75. The third kappa shape index (κ3) is 2.57. The summed E-state index contributed by atoms with van der Waals surface area (Å²) in [5.74, 6) is 5.87. The normalized spacial score (nSPS) is 10.8. The molecule has 0 bridgehead atoms. The minimum Gasteiger partial charge on any atom is -0.335 e. The number of anilines is 1. The van der Waals surface area contributed by atoms with Gasteiger partial charge in [-0.3, -0.25) is 0 Å². The van der Waals surface area contributed by atoms with Crippen molar-refractivity contribution in [1.82, 2.24) is 14.9 Å². The molecule has 2 rings (SSSR count). The lowest BCUT2D eigenvalue weighted by Crippen LogP contribution is -2.10. The Morgan fingerprint density at radius 2 is 2.38 bits per heavy atom. The molecule has 1 aromatic heterocycles. The first-order chi connectivity index (χ1) is 7.75. The van der Waals surface area contributed by atoms with Crippen LogP contribution in [0.5, 0.6) is 0 Å². The monoisotopic (exact) mass is 280 g/mol. The van der Waals surface area contributed by atoms with E-state index in [-0.39, 0.29) is 0 Å². The molecule has 0 amide bonds. The van der Waals surface area contributed by atoms with Crippen LogP contribution in [0.1, 0.15) is 5.56 Å². The molecular weight excluding hydrogens is 272 g/mol. The van der Waals surface area contributed by atoms with E-state index >= 15 is 0 Å². The first-order valence-electron chi connectivity index (χ1n) is 4.45. The summed E-state index contributed by atoms with van der Waals surface area (Å²) in [6, 6.07) is 7.75. The van der Waals surface area contributed by atoms with Crippen LogP contribution in [0.3, 0.4) is 0 Å². The fourth-order valence-corrected chi connectivity index (χ4v) is 1.49. The number of nitrogens with two attached hydrogens (primary N) is 1. The number of nitrogen functional groups attached to an aromatic ring is 1. The number of nitrogens with zero attached hydrogens (tertiary/aromatic N) is 4. The lowest BCUT2D eigenvalue weighted by molar-refractivity contribution is 0.988. The molecule has 0 atom stereocenters. The fourth-order valence-electron chi connectivity index (χ4n) is 1.07. The van der Waals surface area contributed by atoms with Crippen LogP contribution in [0.4, 0.5) is 5.95 Å². The summed E-state index contributed by atoms with van der Waals surface area (Å²) in [5, 5.41) is 11.3. The zero-order valence-electron chi connectivity index (χ0n) is 8.21. The number of aromatic nitrogens is 3. The first-order valence-corrected chi connectivity index (χ1v) is 5.25. The Morgan fingerprint density at radius 1 is 1.50 bits per heavy atom. The fraction of sp³-hybridized carbons (Fsp3) is 0. The van der Waals surface area contributed by atoms with Crippen LogP contribution < -0.4 is 11.3 Å². The van der Waals surface area contributed by atoms with Gasteiger partial charge in [-0.25, -0.2) is 10.1 Å². The Labute approximate surface area is 100 Å². The molecule has 0 spiro atoms. The van der Waals surface area contributed by atoms with Crippen molar-refractivity contribution in [2.45, 2.75) is 0 Å². The van der Waals surface area contributed by atoms with Gasteiger partial charge in [0, 0.05) is 4.47 Å². The number of hydrogen-bond donors (Lipinski definition) is 2. The Bertz CT molecular complexity index is 506. The largest absolute Gasteiger partial charge is 0.335 e. The predicted molar refractivity (Wildman–Crippen MR) is 65.5 cm³/mol. The molecule has 0 aliphatic heterocycles. The van der Waals surface area contributed by atoms with Gasteiger partial charge in [0.1, 0.15) is 6.33 Å². The van der Waals surface area contributed by atoms with Crippen molar-refractivity contribution in [3.05, 3.63) is 40.6 Å².